The van der Waals surface area contributed by atoms with E-state index in [9.17, 15) is 9.18 Å². The molecule has 0 N–H and O–H groups in total. The summed E-state index contributed by atoms with van der Waals surface area (Å²) in [5, 5.41) is 0.493. The molecule has 0 saturated carbocycles. The molecular weight excluding hydrogens is 393 g/mol. The standard InChI is InChI=1S/C23H19ClFNO3/c1-26(14-15-7-3-2-4-8-15)23(27)29-21-12-16-11-17(25)13-19(22(16)28-21)18-9-5-6-10-20(18)24/h2-11,13,21H,12,14H2,1H3. The smallest absolute Gasteiger partial charge is 0.412 e. The van der Waals surface area contributed by atoms with Crippen LogP contribution in [0.2, 0.25) is 5.02 Å². The van der Waals surface area contributed by atoms with Crippen LogP contribution in [0.1, 0.15) is 11.1 Å². The van der Waals surface area contributed by atoms with E-state index in [0.717, 1.165) is 5.56 Å². The van der Waals surface area contributed by atoms with E-state index in [-0.39, 0.29) is 6.42 Å². The molecule has 4 nitrogen and oxygen atoms in total. The number of fused-ring (bicyclic) bond motifs is 1. The van der Waals surface area contributed by atoms with Crippen molar-refractivity contribution in [3.63, 3.8) is 0 Å². The summed E-state index contributed by atoms with van der Waals surface area (Å²) in [6, 6.07) is 19.6. The Kier molecular flexibility index (Phi) is 5.41. The molecule has 1 aliphatic rings. The van der Waals surface area contributed by atoms with Gasteiger partial charge in [-0.2, -0.15) is 0 Å². The van der Waals surface area contributed by atoms with Crippen LogP contribution in [0.5, 0.6) is 5.75 Å². The van der Waals surface area contributed by atoms with Gasteiger partial charge in [0.25, 0.3) is 0 Å². The summed E-state index contributed by atoms with van der Waals surface area (Å²) in [6.45, 7) is 0.416. The van der Waals surface area contributed by atoms with Crippen LogP contribution in [0.4, 0.5) is 9.18 Å². The number of amides is 1. The maximum Gasteiger partial charge on any atom is 0.412 e. The summed E-state index contributed by atoms with van der Waals surface area (Å²) >= 11 is 6.28. The predicted octanol–water partition coefficient (Wildman–Crippen LogP) is 5.68. The van der Waals surface area contributed by atoms with Crippen LogP contribution in [0, 0.1) is 5.82 Å². The quantitative estimate of drug-likeness (QED) is 0.554. The Morgan fingerprint density at radius 1 is 1.14 bits per heavy atom. The van der Waals surface area contributed by atoms with Crippen LogP contribution in [0.25, 0.3) is 11.1 Å². The fourth-order valence-corrected chi connectivity index (χ4v) is 3.60. The molecule has 0 aromatic heterocycles. The second-order valence-corrected chi connectivity index (χ2v) is 7.31. The van der Waals surface area contributed by atoms with Crippen molar-refractivity contribution in [3.05, 3.63) is 88.7 Å². The van der Waals surface area contributed by atoms with Crippen LogP contribution in [0.15, 0.2) is 66.7 Å². The van der Waals surface area contributed by atoms with Gasteiger partial charge in [-0.25, -0.2) is 9.18 Å². The third-order valence-electron chi connectivity index (χ3n) is 4.74. The van der Waals surface area contributed by atoms with E-state index in [1.54, 1.807) is 25.2 Å². The Balaban J connectivity index is 1.50. The number of benzene rings is 3. The lowest BCUT2D eigenvalue weighted by Crippen LogP contribution is -2.32. The van der Waals surface area contributed by atoms with Gasteiger partial charge < -0.3 is 14.4 Å². The summed E-state index contributed by atoms with van der Waals surface area (Å²) in [4.78, 5) is 13.9. The molecule has 0 bridgehead atoms. The normalized spacial score (nSPS) is 14.8. The molecule has 0 radical (unpaired) electrons. The Morgan fingerprint density at radius 2 is 1.86 bits per heavy atom. The lowest BCUT2D eigenvalue weighted by Gasteiger charge is -2.20. The van der Waals surface area contributed by atoms with Crippen molar-refractivity contribution in [3.8, 4) is 16.9 Å². The lowest BCUT2D eigenvalue weighted by atomic mass is 10.0. The zero-order valence-electron chi connectivity index (χ0n) is 15.8. The summed E-state index contributed by atoms with van der Waals surface area (Å²) in [7, 11) is 1.66. The Bertz CT molecular complexity index is 1040. The van der Waals surface area contributed by atoms with Crippen molar-refractivity contribution in [1.29, 1.82) is 0 Å². The number of hydrogen-bond acceptors (Lipinski definition) is 3. The zero-order chi connectivity index (χ0) is 20.4. The second kappa shape index (κ2) is 8.13. The highest BCUT2D eigenvalue weighted by atomic mass is 35.5. The van der Waals surface area contributed by atoms with E-state index in [1.807, 2.05) is 36.4 Å². The number of rotatable bonds is 4. The van der Waals surface area contributed by atoms with Gasteiger partial charge in [0, 0.05) is 35.3 Å². The molecule has 1 aliphatic heterocycles. The van der Waals surface area contributed by atoms with E-state index in [2.05, 4.69) is 0 Å². The van der Waals surface area contributed by atoms with E-state index in [4.69, 9.17) is 21.1 Å². The summed E-state index contributed by atoms with van der Waals surface area (Å²) in [5.41, 5.74) is 2.84. The van der Waals surface area contributed by atoms with Gasteiger partial charge in [0.2, 0.25) is 6.29 Å². The van der Waals surface area contributed by atoms with Gasteiger partial charge >= 0.3 is 6.09 Å². The van der Waals surface area contributed by atoms with Crippen LogP contribution in [0.3, 0.4) is 0 Å². The van der Waals surface area contributed by atoms with Gasteiger partial charge in [0.05, 0.1) is 6.42 Å². The first-order chi connectivity index (χ1) is 14.0. The first kappa shape index (κ1) is 19.3. The Hall–Kier alpha value is -3.05. The maximum absolute atomic E-state index is 14.2. The summed E-state index contributed by atoms with van der Waals surface area (Å²) in [5.74, 6) is 0.0958. The van der Waals surface area contributed by atoms with Gasteiger partial charge in [-0.05, 0) is 23.8 Å². The fraction of sp³-hybridized carbons (Fsp3) is 0.174. The molecule has 1 unspecified atom stereocenters. The minimum absolute atomic E-state index is 0.273. The molecule has 29 heavy (non-hydrogen) atoms. The van der Waals surface area contributed by atoms with E-state index in [1.165, 1.54) is 17.0 Å². The highest BCUT2D eigenvalue weighted by molar-refractivity contribution is 6.33. The van der Waals surface area contributed by atoms with Crippen molar-refractivity contribution < 1.29 is 18.7 Å². The molecule has 6 heteroatoms. The first-order valence-electron chi connectivity index (χ1n) is 9.21. The number of carbonyl (C=O) groups is 1. The Morgan fingerprint density at radius 3 is 2.62 bits per heavy atom. The first-order valence-corrected chi connectivity index (χ1v) is 9.58. The largest absolute Gasteiger partial charge is 0.453 e. The average Bonchev–Trinajstić information content (AvgIpc) is 3.10. The summed E-state index contributed by atoms with van der Waals surface area (Å²) in [6.07, 6.45) is -1.06. The van der Waals surface area contributed by atoms with Gasteiger partial charge in [0.15, 0.2) is 0 Å². The molecule has 0 aliphatic carbocycles. The Labute approximate surface area is 173 Å². The molecular formula is C23H19ClFNO3. The molecule has 1 amide bonds. The monoisotopic (exact) mass is 411 g/mol. The molecule has 0 fully saturated rings. The van der Waals surface area contributed by atoms with Crippen molar-refractivity contribution in [2.45, 2.75) is 19.3 Å². The minimum Gasteiger partial charge on any atom is -0.453 e. The topological polar surface area (TPSA) is 38.8 Å². The molecule has 0 saturated heterocycles. The number of halogens is 2. The minimum atomic E-state index is -0.821. The van der Waals surface area contributed by atoms with Gasteiger partial charge in [-0.3, -0.25) is 0 Å². The third kappa shape index (κ3) is 4.20. The average molecular weight is 412 g/mol. The van der Waals surface area contributed by atoms with Crippen molar-refractivity contribution in [1.82, 2.24) is 4.90 Å². The SMILES string of the molecule is CN(Cc1ccccc1)C(=O)OC1Cc2cc(F)cc(-c3ccccc3Cl)c2O1. The highest BCUT2D eigenvalue weighted by Gasteiger charge is 2.31. The number of hydrogen-bond donors (Lipinski definition) is 0. The van der Waals surface area contributed by atoms with Crippen molar-refractivity contribution in [2.24, 2.45) is 0 Å². The number of carbonyl (C=O) groups excluding carboxylic acids is 1. The molecule has 4 rings (SSSR count). The molecule has 3 aromatic carbocycles. The van der Waals surface area contributed by atoms with Crippen LogP contribution in [-0.2, 0) is 17.7 Å². The third-order valence-corrected chi connectivity index (χ3v) is 5.07. The highest BCUT2D eigenvalue weighted by Crippen LogP contribution is 2.42. The zero-order valence-corrected chi connectivity index (χ0v) is 16.5. The summed E-state index contributed by atoms with van der Waals surface area (Å²) < 4.78 is 25.6. The fourth-order valence-electron chi connectivity index (χ4n) is 3.36. The maximum atomic E-state index is 14.2. The molecule has 0 spiro atoms. The van der Waals surface area contributed by atoms with Crippen LogP contribution >= 0.6 is 11.6 Å². The van der Waals surface area contributed by atoms with Gasteiger partial charge in [-0.1, -0.05) is 60.1 Å². The molecule has 3 aromatic rings. The van der Waals surface area contributed by atoms with Crippen molar-refractivity contribution in [2.75, 3.05) is 7.05 Å². The second-order valence-electron chi connectivity index (χ2n) is 6.90. The van der Waals surface area contributed by atoms with Gasteiger partial charge in [0.1, 0.15) is 11.6 Å². The van der Waals surface area contributed by atoms with E-state index >= 15 is 0 Å². The lowest BCUT2D eigenvalue weighted by molar-refractivity contribution is -0.0301. The number of ether oxygens (including phenoxy) is 2. The van der Waals surface area contributed by atoms with E-state index < -0.39 is 18.2 Å². The van der Waals surface area contributed by atoms with Gasteiger partial charge in [-0.15, -0.1) is 0 Å². The van der Waals surface area contributed by atoms with Crippen LogP contribution < -0.4 is 4.74 Å². The molecule has 1 heterocycles. The van der Waals surface area contributed by atoms with Crippen molar-refractivity contribution >= 4 is 17.7 Å². The molecule has 148 valence electrons. The number of nitrogens with zero attached hydrogens (tertiary/aromatic N) is 1. The van der Waals surface area contributed by atoms with Crippen LogP contribution in [-0.4, -0.2) is 24.3 Å². The molecule has 1 atom stereocenters. The predicted molar refractivity (Wildman–Crippen MR) is 109 cm³/mol. The van der Waals surface area contributed by atoms with E-state index in [0.29, 0.717) is 34.0 Å².